The molecular weight excluding hydrogens is 344 g/mol. The third-order valence-electron chi connectivity index (χ3n) is 4.46. The van der Waals surface area contributed by atoms with Gasteiger partial charge in [-0.1, -0.05) is 12.1 Å². The van der Waals surface area contributed by atoms with Crippen LogP contribution in [0.5, 0.6) is 0 Å². The van der Waals surface area contributed by atoms with Crippen LogP contribution < -0.4 is 10.9 Å². The maximum Gasteiger partial charge on any atom is 0.270 e. The highest BCUT2D eigenvalue weighted by Crippen LogP contribution is 2.19. The van der Waals surface area contributed by atoms with Gasteiger partial charge in [0.2, 0.25) is 5.91 Å². The Morgan fingerprint density at radius 2 is 2.04 bits per heavy atom. The SMILES string of the molecule is Cc1ccc([C@@H](CNC(=O)CCc2nc3ccccc3[nH]c2=O)N(C)C)o1. The summed E-state index contributed by atoms with van der Waals surface area (Å²) >= 11 is 0. The highest BCUT2D eigenvalue weighted by atomic mass is 16.3. The van der Waals surface area contributed by atoms with Crippen LogP contribution in [0.25, 0.3) is 11.0 Å². The van der Waals surface area contributed by atoms with E-state index in [1.807, 2.05) is 56.3 Å². The predicted octanol–water partition coefficient (Wildman–Crippen LogP) is 2.18. The zero-order chi connectivity index (χ0) is 19.4. The van der Waals surface area contributed by atoms with Crippen LogP contribution in [0.15, 0.2) is 45.6 Å². The van der Waals surface area contributed by atoms with E-state index < -0.39 is 0 Å². The second kappa shape index (κ2) is 8.18. The number of nitrogens with zero attached hydrogens (tertiary/aromatic N) is 2. The van der Waals surface area contributed by atoms with E-state index in [1.54, 1.807) is 6.07 Å². The molecular formula is C20H24N4O3. The summed E-state index contributed by atoms with van der Waals surface area (Å²) in [6, 6.07) is 11.1. The monoisotopic (exact) mass is 368 g/mol. The fourth-order valence-electron chi connectivity index (χ4n) is 2.94. The fraction of sp³-hybridized carbons (Fsp3) is 0.350. The van der Waals surface area contributed by atoms with Gasteiger partial charge >= 0.3 is 0 Å². The number of hydrogen-bond acceptors (Lipinski definition) is 5. The molecule has 0 saturated heterocycles. The van der Waals surface area contributed by atoms with Gasteiger partial charge in [-0.2, -0.15) is 0 Å². The number of carbonyl (C=O) groups is 1. The number of carbonyl (C=O) groups excluding carboxylic acids is 1. The summed E-state index contributed by atoms with van der Waals surface area (Å²) in [6.45, 7) is 2.32. The van der Waals surface area contributed by atoms with Gasteiger partial charge in [0.05, 0.1) is 17.1 Å². The zero-order valence-electron chi connectivity index (χ0n) is 15.8. The molecule has 2 N–H and O–H groups in total. The van der Waals surface area contributed by atoms with Gasteiger partial charge in [-0.15, -0.1) is 0 Å². The number of nitrogens with one attached hydrogen (secondary N) is 2. The number of rotatable bonds is 7. The number of aryl methyl sites for hydroxylation is 2. The molecule has 0 saturated carbocycles. The van der Waals surface area contributed by atoms with Gasteiger partial charge in [-0.3, -0.25) is 14.5 Å². The second-order valence-corrected chi connectivity index (χ2v) is 6.76. The zero-order valence-corrected chi connectivity index (χ0v) is 15.8. The average molecular weight is 368 g/mol. The summed E-state index contributed by atoms with van der Waals surface area (Å²) in [4.78, 5) is 33.5. The number of H-pyrrole nitrogens is 1. The van der Waals surface area contributed by atoms with Crippen molar-refractivity contribution in [2.24, 2.45) is 0 Å². The van der Waals surface area contributed by atoms with Crippen molar-refractivity contribution in [3.8, 4) is 0 Å². The van der Waals surface area contributed by atoms with Crippen LogP contribution in [0.3, 0.4) is 0 Å². The molecule has 0 aliphatic heterocycles. The van der Waals surface area contributed by atoms with Crippen LogP contribution in [0, 0.1) is 6.92 Å². The number of fused-ring (bicyclic) bond motifs is 1. The van der Waals surface area contributed by atoms with Crippen molar-refractivity contribution >= 4 is 16.9 Å². The van der Waals surface area contributed by atoms with E-state index in [4.69, 9.17) is 4.42 Å². The van der Waals surface area contributed by atoms with E-state index in [-0.39, 0.29) is 23.9 Å². The molecule has 0 spiro atoms. The van der Waals surface area contributed by atoms with Gasteiger partial charge < -0.3 is 14.7 Å². The first-order valence-electron chi connectivity index (χ1n) is 8.91. The summed E-state index contributed by atoms with van der Waals surface area (Å²) in [5.74, 6) is 1.52. The molecule has 3 rings (SSSR count). The largest absolute Gasteiger partial charge is 0.465 e. The second-order valence-electron chi connectivity index (χ2n) is 6.76. The lowest BCUT2D eigenvalue weighted by atomic mass is 10.2. The van der Waals surface area contributed by atoms with Crippen molar-refractivity contribution in [3.63, 3.8) is 0 Å². The number of aromatic amines is 1. The van der Waals surface area contributed by atoms with Crippen molar-refractivity contribution in [2.45, 2.75) is 25.8 Å². The van der Waals surface area contributed by atoms with Crippen LogP contribution in [0.1, 0.15) is 29.7 Å². The lowest BCUT2D eigenvalue weighted by Gasteiger charge is -2.22. The number of para-hydroxylation sites is 2. The number of amides is 1. The Morgan fingerprint density at radius 3 is 2.74 bits per heavy atom. The van der Waals surface area contributed by atoms with Crippen LogP contribution in [-0.2, 0) is 11.2 Å². The van der Waals surface area contributed by atoms with Gasteiger partial charge in [0.1, 0.15) is 17.2 Å². The Morgan fingerprint density at radius 1 is 1.26 bits per heavy atom. The molecule has 0 radical (unpaired) electrons. The van der Waals surface area contributed by atoms with Gasteiger partial charge in [0.15, 0.2) is 0 Å². The smallest absolute Gasteiger partial charge is 0.270 e. The molecule has 0 bridgehead atoms. The number of furan rings is 1. The first-order chi connectivity index (χ1) is 12.9. The predicted molar refractivity (Wildman–Crippen MR) is 104 cm³/mol. The van der Waals surface area contributed by atoms with E-state index in [9.17, 15) is 9.59 Å². The van der Waals surface area contributed by atoms with Gasteiger partial charge in [-0.25, -0.2) is 4.98 Å². The molecule has 0 aliphatic rings. The normalized spacial score (nSPS) is 12.4. The summed E-state index contributed by atoms with van der Waals surface area (Å²) in [5.41, 5.74) is 1.53. The third-order valence-corrected chi connectivity index (χ3v) is 4.46. The number of aromatic nitrogens is 2. The van der Waals surface area contributed by atoms with Crippen LogP contribution in [0.2, 0.25) is 0 Å². The number of benzene rings is 1. The highest BCUT2D eigenvalue weighted by molar-refractivity contribution is 5.76. The van der Waals surface area contributed by atoms with E-state index in [0.29, 0.717) is 29.7 Å². The molecule has 0 unspecified atom stereocenters. The van der Waals surface area contributed by atoms with Crippen LogP contribution in [0.4, 0.5) is 0 Å². The molecule has 7 nitrogen and oxygen atoms in total. The Balaban J connectivity index is 1.59. The molecule has 0 aliphatic carbocycles. The van der Waals surface area contributed by atoms with E-state index in [2.05, 4.69) is 15.3 Å². The first-order valence-corrected chi connectivity index (χ1v) is 8.91. The maximum absolute atomic E-state index is 12.3. The molecule has 1 atom stereocenters. The molecule has 1 aromatic carbocycles. The highest BCUT2D eigenvalue weighted by Gasteiger charge is 2.18. The molecule has 2 aromatic heterocycles. The minimum Gasteiger partial charge on any atom is -0.465 e. The molecule has 1 amide bonds. The molecule has 2 heterocycles. The third kappa shape index (κ3) is 4.62. The molecule has 7 heteroatoms. The summed E-state index contributed by atoms with van der Waals surface area (Å²) < 4.78 is 5.68. The molecule has 0 fully saturated rings. The minimum atomic E-state index is -0.251. The fourth-order valence-corrected chi connectivity index (χ4v) is 2.94. The standard InChI is InChI=1S/C20H24N4O3/c1-13-8-10-18(27-13)17(24(2)3)12-21-19(25)11-9-16-20(26)23-15-7-5-4-6-14(15)22-16/h4-8,10,17H,9,11-12H2,1-3H3,(H,21,25)(H,23,26)/t17-/m1/s1. The lowest BCUT2D eigenvalue weighted by Crippen LogP contribution is -2.34. The lowest BCUT2D eigenvalue weighted by molar-refractivity contribution is -0.121. The Kier molecular flexibility index (Phi) is 5.71. The minimum absolute atomic E-state index is 0.0511. The van der Waals surface area contributed by atoms with Gasteiger partial charge in [0, 0.05) is 19.4 Å². The Hall–Kier alpha value is -2.93. The topological polar surface area (TPSA) is 91.2 Å². The van der Waals surface area contributed by atoms with E-state index in [0.717, 1.165) is 11.5 Å². The molecule has 142 valence electrons. The van der Waals surface area contributed by atoms with E-state index >= 15 is 0 Å². The molecule has 27 heavy (non-hydrogen) atoms. The summed E-state index contributed by atoms with van der Waals surface area (Å²) in [6.07, 6.45) is 0.490. The maximum atomic E-state index is 12.3. The summed E-state index contributed by atoms with van der Waals surface area (Å²) in [5, 5.41) is 2.92. The van der Waals surface area contributed by atoms with Crippen molar-refractivity contribution < 1.29 is 9.21 Å². The van der Waals surface area contributed by atoms with Gasteiger partial charge in [-0.05, 0) is 45.3 Å². The summed E-state index contributed by atoms with van der Waals surface area (Å²) in [7, 11) is 3.88. The average Bonchev–Trinajstić information content (AvgIpc) is 3.05. The van der Waals surface area contributed by atoms with Crippen LogP contribution in [-0.4, -0.2) is 41.4 Å². The van der Waals surface area contributed by atoms with Crippen molar-refractivity contribution in [3.05, 3.63) is 64.0 Å². The Bertz CT molecular complexity index is 990. The van der Waals surface area contributed by atoms with Gasteiger partial charge in [0.25, 0.3) is 5.56 Å². The van der Waals surface area contributed by atoms with Crippen molar-refractivity contribution in [1.82, 2.24) is 20.2 Å². The van der Waals surface area contributed by atoms with E-state index in [1.165, 1.54) is 0 Å². The number of likely N-dealkylation sites (N-methyl/N-ethyl adjacent to an activating group) is 1. The van der Waals surface area contributed by atoms with Crippen molar-refractivity contribution in [1.29, 1.82) is 0 Å². The quantitative estimate of drug-likeness (QED) is 0.667. The Labute approximate surface area is 157 Å². The van der Waals surface area contributed by atoms with Crippen molar-refractivity contribution in [2.75, 3.05) is 20.6 Å². The van der Waals surface area contributed by atoms with Crippen LogP contribution >= 0.6 is 0 Å². The number of hydrogen-bond donors (Lipinski definition) is 2. The first kappa shape index (κ1) is 18.8. The molecule has 3 aromatic rings.